The van der Waals surface area contributed by atoms with Crippen LogP contribution in [-0.4, -0.2) is 39.2 Å². The smallest absolute Gasteiger partial charge is 0.258 e. The number of piperidine rings is 1. The van der Waals surface area contributed by atoms with Crippen LogP contribution in [0.2, 0.25) is 0 Å². The molecule has 1 aromatic carbocycles. The standard InChI is InChI=1S/C29H39FN2O3/c1-21(17-22-7-3-2-4-8-22)26(33)32-16-14-29(35,28(19-32)12-5-6-13-28)20-31-15-11-23-9-10-24(30)18-25(23)27(31)34/h9-11,15,18,21-22,35H,2-8,12-14,16-17,19-20H2,1H3. The van der Waals surface area contributed by atoms with E-state index in [1.54, 1.807) is 16.8 Å². The van der Waals surface area contributed by atoms with Crippen LogP contribution in [0.4, 0.5) is 4.39 Å². The minimum Gasteiger partial charge on any atom is -0.387 e. The summed E-state index contributed by atoms with van der Waals surface area (Å²) in [6.07, 6.45) is 13.3. The fraction of sp³-hybridized carbons (Fsp3) is 0.655. The van der Waals surface area contributed by atoms with E-state index in [0.29, 0.717) is 36.2 Å². The lowest BCUT2D eigenvalue weighted by atomic mass is 9.65. The van der Waals surface area contributed by atoms with Gasteiger partial charge in [-0.3, -0.25) is 9.59 Å². The van der Waals surface area contributed by atoms with Crippen LogP contribution in [0.3, 0.4) is 0 Å². The summed E-state index contributed by atoms with van der Waals surface area (Å²) < 4.78 is 15.4. The van der Waals surface area contributed by atoms with E-state index in [4.69, 9.17) is 0 Å². The second-order valence-corrected chi connectivity index (χ2v) is 11.6. The van der Waals surface area contributed by atoms with Gasteiger partial charge in [0.25, 0.3) is 5.56 Å². The van der Waals surface area contributed by atoms with Crippen LogP contribution in [0.5, 0.6) is 0 Å². The molecule has 1 aromatic heterocycles. The number of halogens is 1. The Hall–Kier alpha value is -2.21. The van der Waals surface area contributed by atoms with Crippen LogP contribution < -0.4 is 5.56 Å². The van der Waals surface area contributed by atoms with Gasteiger partial charge in [0, 0.05) is 30.6 Å². The lowest BCUT2D eigenvalue weighted by Gasteiger charge is -2.53. The van der Waals surface area contributed by atoms with Gasteiger partial charge in [0.05, 0.1) is 17.5 Å². The molecule has 1 amide bonds. The first-order valence-electron chi connectivity index (χ1n) is 13.6. The number of pyridine rings is 1. The number of aliphatic hydroxyl groups is 1. The van der Waals surface area contributed by atoms with Gasteiger partial charge in [-0.1, -0.05) is 57.9 Å². The molecule has 1 spiro atoms. The summed E-state index contributed by atoms with van der Waals surface area (Å²) in [7, 11) is 0. The molecular weight excluding hydrogens is 443 g/mol. The van der Waals surface area contributed by atoms with Crippen molar-refractivity contribution in [2.45, 2.75) is 89.7 Å². The SMILES string of the molecule is CC(CC1CCCCC1)C(=O)N1CCC(O)(Cn2ccc3ccc(F)cc3c2=O)C2(CCCC2)C1. The minimum atomic E-state index is -1.07. The lowest BCUT2D eigenvalue weighted by molar-refractivity contribution is -0.163. The number of benzene rings is 1. The molecule has 1 saturated heterocycles. The largest absolute Gasteiger partial charge is 0.387 e. The number of carbonyl (C=O) groups is 1. The minimum absolute atomic E-state index is 0.0146. The van der Waals surface area contributed by atoms with E-state index in [-0.39, 0.29) is 23.9 Å². The number of amides is 1. The van der Waals surface area contributed by atoms with Gasteiger partial charge in [-0.15, -0.1) is 0 Å². The van der Waals surface area contributed by atoms with Gasteiger partial charge in [0.15, 0.2) is 0 Å². The number of rotatable bonds is 5. The Bertz CT molecular complexity index is 1130. The van der Waals surface area contributed by atoms with E-state index in [0.717, 1.165) is 32.1 Å². The Labute approximate surface area is 207 Å². The third-order valence-electron chi connectivity index (χ3n) is 9.35. The van der Waals surface area contributed by atoms with Gasteiger partial charge >= 0.3 is 0 Å². The van der Waals surface area contributed by atoms with E-state index in [1.165, 1.54) is 44.2 Å². The fourth-order valence-electron chi connectivity index (χ4n) is 7.28. The highest BCUT2D eigenvalue weighted by molar-refractivity contribution is 5.81. The van der Waals surface area contributed by atoms with Crippen molar-refractivity contribution in [3.8, 4) is 0 Å². The molecule has 35 heavy (non-hydrogen) atoms. The molecule has 3 fully saturated rings. The van der Waals surface area contributed by atoms with Crippen molar-refractivity contribution in [2.75, 3.05) is 13.1 Å². The first-order valence-corrected chi connectivity index (χ1v) is 13.6. The highest BCUT2D eigenvalue weighted by Crippen LogP contribution is 2.51. The van der Waals surface area contributed by atoms with Crippen molar-refractivity contribution >= 4 is 16.7 Å². The third kappa shape index (κ3) is 4.66. The second-order valence-electron chi connectivity index (χ2n) is 11.6. The first-order chi connectivity index (χ1) is 16.8. The maximum Gasteiger partial charge on any atom is 0.258 e. The highest BCUT2D eigenvalue weighted by Gasteiger charge is 2.55. The third-order valence-corrected chi connectivity index (χ3v) is 9.35. The molecule has 3 aliphatic rings. The van der Waals surface area contributed by atoms with E-state index in [2.05, 4.69) is 6.92 Å². The number of nitrogens with zero attached hydrogens (tertiary/aromatic N) is 2. The average molecular weight is 483 g/mol. The number of hydrogen-bond donors (Lipinski definition) is 1. The molecule has 2 unspecified atom stereocenters. The number of hydrogen-bond acceptors (Lipinski definition) is 3. The topological polar surface area (TPSA) is 62.5 Å². The molecule has 2 heterocycles. The summed E-state index contributed by atoms with van der Waals surface area (Å²) in [5, 5.41) is 13.1. The molecule has 2 atom stereocenters. The normalized spacial score (nSPS) is 25.9. The molecule has 0 bridgehead atoms. The van der Waals surface area contributed by atoms with Crippen LogP contribution in [0, 0.1) is 23.1 Å². The molecule has 5 rings (SSSR count). The predicted octanol–water partition coefficient (Wildman–Crippen LogP) is 5.27. The second kappa shape index (κ2) is 9.68. The van der Waals surface area contributed by atoms with Gasteiger partial charge in [0.2, 0.25) is 5.91 Å². The van der Waals surface area contributed by atoms with Crippen molar-refractivity contribution in [1.29, 1.82) is 0 Å². The molecule has 5 nitrogen and oxygen atoms in total. The van der Waals surface area contributed by atoms with E-state index < -0.39 is 16.8 Å². The van der Waals surface area contributed by atoms with Crippen LogP contribution in [0.25, 0.3) is 10.8 Å². The molecule has 2 aromatic rings. The maximum atomic E-state index is 13.8. The molecular formula is C29H39FN2O3. The summed E-state index contributed by atoms with van der Waals surface area (Å²) in [6.45, 7) is 3.34. The summed E-state index contributed by atoms with van der Waals surface area (Å²) in [5.41, 5.74) is -1.75. The van der Waals surface area contributed by atoms with Crippen molar-refractivity contribution in [3.63, 3.8) is 0 Å². The van der Waals surface area contributed by atoms with Crippen molar-refractivity contribution in [1.82, 2.24) is 9.47 Å². The van der Waals surface area contributed by atoms with Crippen LogP contribution in [0.1, 0.15) is 77.6 Å². The summed E-state index contributed by atoms with van der Waals surface area (Å²) in [4.78, 5) is 28.6. The fourth-order valence-corrected chi connectivity index (χ4v) is 7.28. The number of carbonyl (C=O) groups excluding carboxylic acids is 1. The Morgan fingerprint density at radius 1 is 1.11 bits per heavy atom. The Balaban J connectivity index is 1.35. The number of likely N-dealkylation sites (tertiary alicyclic amines) is 1. The van der Waals surface area contributed by atoms with E-state index >= 15 is 0 Å². The monoisotopic (exact) mass is 482 g/mol. The van der Waals surface area contributed by atoms with Crippen molar-refractivity contribution in [2.24, 2.45) is 17.3 Å². The molecule has 190 valence electrons. The predicted molar refractivity (Wildman–Crippen MR) is 136 cm³/mol. The van der Waals surface area contributed by atoms with Crippen LogP contribution in [0.15, 0.2) is 35.3 Å². The molecule has 6 heteroatoms. The number of fused-ring (bicyclic) bond motifs is 1. The first kappa shape index (κ1) is 24.5. The number of aromatic nitrogens is 1. The molecule has 1 aliphatic heterocycles. The van der Waals surface area contributed by atoms with Crippen LogP contribution >= 0.6 is 0 Å². The zero-order valence-corrected chi connectivity index (χ0v) is 21.0. The van der Waals surface area contributed by atoms with Gasteiger partial charge in [-0.2, -0.15) is 0 Å². The van der Waals surface area contributed by atoms with E-state index in [1.807, 2.05) is 11.0 Å². The zero-order chi connectivity index (χ0) is 24.6. The lowest BCUT2D eigenvalue weighted by Crippen LogP contribution is -2.62. The quantitative estimate of drug-likeness (QED) is 0.631. The van der Waals surface area contributed by atoms with Crippen LogP contribution in [-0.2, 0) is 11.3 Å². The molecule has 0 radical (unpaired) electrons. The average Bonchev–Trinajstić information content (AvgIpc) is 3.33. The van der Waals surface area contributed by atoms with Gasteiger partial charge in [-0.05, 0) is 55.2 Å². The molecule has 1 N–H and O–H groups in total. The Morgan fingerprint density at radius 2 is 1.86 bits per heavy atom. The summed E-state index contributed by atoms with van der Waals surface area (Å²) in [5.74, 6) is 0.463. The zero-order valence-electron chi connectivity index (χ0n) is 21.0. The van der Waals surface area contributed by atoms with Gasteiger partial charge < -0.3 is 14.6 Å². The van der Waals surface area contributed by atoms with E-state index in [9.17, 15) is 19.1 Å². The van der Waals surface area contributed by atoms with Gasteiger partial charge in [-0.25, -0.2) is 4.39 Å². The van der Waals surface area contributed by atoms with Gasteiger partial charge in [0.1, 0.15) is 5.82 Å². The molecule has 2 aliphatic carbocycles. The van der Waals surface area contributed by atoms with Crippen molar-refractivity contribution in [3.05, 3.63) is 46.6 Å². The highest BCUT2D eigenvalue weighted by atomic mass is 19.1. The summed E-state index contributed by atoms with van der Waals surface area (Å²) >= 11 is 0. The Morgan fingerprint density at radius 3 is 2.60 bits per heavy atom. The Kier molecular flexibility index (Phi) is 6.77. The van der Waals surface area contributed by atoms with Crippen molar-refractivity contribution < 1.29 is 14.3 Å². The summed E-state index contributed by atoms with van der Waals surface area (Å²) in [6, 6.07) is 6.06. The maximum absolute atomic E-state index is 13.8. The molecule has 2 saturated carbocycles.